The van der Waals surface area contributed by atoms with Crippen molar-refractivity contribution in [1.82, 2.24) is 14.7 Å². The van der Waals surface area contributed by atoms with Gasteiger partial charge in [-0.15, -0.1) is 0 Å². The van der Waals surface area contributed by atoms with Crippen molar-refractivity contribution in [2.24, 2.45) is 5.41 Å². The summed E-state index contributed by atoms with van der Waals surface area (Å²) in [5.74, 6) is 1.15. The lowest BCUT2D eigenvalue weighted by atomic mass is 9.97. The number of carbonyl (C=O) groups excluding carboxylic acids is 1. The molecule has 1 aromatic heterocycles. The van der Waals surface area contributed by atoms with E-state index in [1.165, 1.54) is 11.5 Å². The Morgan fingerprint density at radius 1 is 1.35 bits per heavy atom. The maximum absolute atomic E-state index is 12.6. The number of hydrogen-bond donors (Lipinski definition) is 1. The van der Waals surface area contributed by atoms with E-state index in [4.69, 9.17) is 4.74 Å². The normalized spacial score (nSPS) is 24.5. The maximum Gasteiger partial charge on any atom is 0.226 e. The number of amides is 1. The zero-order valence-corrected chi connectivity index (χ0v) is 17.2. The Hall–Kier alpha value is -1.21. The molecule has 1 N–H and O–H groups in total. The highest BCUT2D eigenvalue weighted by Gasteiger charge is 2.49. The summed E-state index contributed by atoms with van der Waals surface area (Å²) in [6, 6.07) is 0. The summed E-state index contributed by atoms with van der Waals surface area (Å²) in [7, 11) is 0. The molecule has 2 aliphatic rings. The van der Waals surface area contributed by atoms with E-state index < -0.39 is 0 Å². The SMILES string of the molecule is CCCCC1(C(=O)NCC2(C)CN(c3nc(CCC)ns3)CCO2)CC1. The van der Waals surface area contributed by atoms with Crippen LogP contribution < -0.4 is 10.2 Å². The molecule has 1 aliphatic heterocycles. The van der Waals surface area contributed by atoms with Crippen LogP contribution in [0.4, 0.5) is 5.13 Å². The molecule has 7 heteroatoms. The van der Waals surface area contributed by atoms with Crippen LogP contribution in [0.2, 0.25) is 0 Å². The molecular weight excluding hydrogens is 348 g/mol. The molecule has 2 fully saturated rings. The van der Waals surface area contributed by atoms with Crippen LogP contribution in [0, 0.1) is 5.41 Å². The van der Waals surface area contributed by atoms with Gasteiger partial charge in [0.05, 0.1) is 13.2 Å². The summed E-state index contributed by atoms with van der Waals surface area (Å²) in [6.07, 6.45) is 7.35. The third-order valence-corrected chi connectivity index (χ3v) is 6.32. The monoisotopic (exact) mass is 380 g/mol. The Bertz CT molecular complexity index is 616. The average Bonchev–Trinajstić information content (AvgIpc) is 3.29. The molecule has 1 unspecified atom stereocenters. The number of morpholine rings is 1. The highest BCUT2D eigenvalue weighted by Crippen LogP contribution is 2.50. The number of ether oxygens (including phenoxy) is 1. The van der Waals surface area contributed by atoms with E-state index in [1.807, 2.05) is 0 Å². The summed E-state index contributed by atoms with van der Waals surface area (Å²) < 4.78 is 10.5. The second kappa shape index (κ2) is 8.21. The Kier molecular flexibility index (Phi) is 6.17. The molecule has 2 heterocycles. The molecule has 0 aromatic carbocycles. The van der Waals surface area contributed by atoms with Crippen LogP contribution in [0.5, 0.6) is 0 Å². The van der Waals surface area contributed by atoms with Crippen LogP contribution in [0.3, 0.4) is 0 Å². The minimum Gasteiger partial charge on any atom is -0.370 e. The van der Waals surface area contributed by atoms with Gasteiger partial charge in [0.25, 0.3) is 0 Å². The molecule has 1 atom stereocenters. The number of hydrogen-bond acceptors (Lipinski definition) is 6. The lowest BCUT2D eigenvalue weighted by molar-refractivity contribution is -0.128. The summed E-state index contributed by atoms with van der Waals surface area (Å²) in [6.45, 7) is 9.16. The first kappa shape index (κ1) is 19.5. The Labute approximate surface area is 160 Å². The number of rotatable bonds is 9. The van der Waals surface area contributed by atoms with Crippen LogP contribution >= 0.6 is 11.5 Å². The number of carbonyl (C=O) groups is 1. The van der Waals surface area contributed by atoms with Crippen molar-refractivity contribution in [1.29, 1.82) is 0 Å². The second-order valence-corrected chi connectivity index (χ2v) is 8.76. The summed E-state index contributed by atoms with van der Waals surface area (Å²) in [4.78, 5) is 19.5. The smallest absolute Gasteiger partial charge is 0.226 e. The van der Waals surface area contributed by atoms with Crippen LogP contribution in [-0.4, -0.2) is 47.1 Å². The van der Waals surface area contributed by atoms with Crippen LogP contribution in [-0.2, 0) is 16.0 Å². The molecule has 6 nitrogen and oxygen atoms in total. The van der Waals surface area contributed by atoms with Gasteiger partial charge in [-0.25, -0.2) is 4.98 Å². The van der Waals surface area contributed by atoms with Gasteiger partial charge in [0.15, 0.2) is 0 Å². The van der Waals surface area contributed by atoms with Crippen molar-refractivity contribution in [3.05, 3.63) is 5.82 Å². The van der Waals surface area contributed by atoms with Gasteiger partial charge in [-0.3, -0.25) is 4.79 Å². The fourth-order valence-electron chi connectivity index (χ4n) is 3.61. The molecule has 1 aromatic rings. The molecule has 0 radical (unpaired) electrons. The predicted octanol–water partition coefficient (Wildman–Crippen LogP) is 3.17. The van der Waals surface area contributed by atoms with Crippen molar-refractivity contribution in [3.8, 4) is 0 Å². The van der Waals surface area contributed by atoms with Gasteiger partial charge in [-0.1, -0.05) is 26.7 Å². The molecule has 1 saturated carbocycles. The summed E-state index contributed by atoms with van der Waals surface area (Å²) in [5.41, 5.74) is -0.472. The van der Waals surface area contributed by atoms with Crippen LogP contribution in [0.25, 0.3) is 0 Å². The molecule has 26 heavy (non-hydrogen) atoms. The zero-order chi connectivity index (χ0) is 18.6. The van der Waals surface area contributed by atoms with E-state index in [0.717, 1.165) is 69.0 Å². The lowest BCUT2D eigenvalue weighted by Gasteiger charge is -2.40. The van der Waals surface area contributed by atoms with Crippen LogP contribution in [0.1, 0.15) is 65.1 Å². The number of unbranched alkanes of at least 4 members (excludes halogenated alkanes) is 1. The highest BCUT2D eigenvalue weighted by molar-refractivity contribution is 7.09. The van der Waals surface area contributed by atoms with E-state index in [-0.39, 0.29) is 16.9 Å². The largest absolute Gasteiger partial charge is 0.370 e. The second-order valence-electron chi connectivity index (χ2n) is 8.03. The Morgan fingerprint density at radius 3 is 2.85 bits per heavy atom. The standard InChI is InChI=1S/C19H32N4O2S/c1-4-6-8-19(9-10-19)16(24)20-13-18(3)14-23(11-12-25-18)17-21-15(7-5-2)22-26-17/h4-14H2,1-3H3,(H,20,24). The minimum atomic E-state index is -0.384. The van der Waals surface area contributed by atoms with E-state index >= 15 is 0 Å². The van der Waals surface area contributed by atoms with Crippen molar-refractivity contribution >= 4 is 22.6 Å². The maximum atomic E-state index is 12.6. The molecule has 1 aliphatic carbocycles. The van der Waals surface area contributed by atoms with Crippen LogP contribution in [0.15, 0.2) is 0 Å². The van der Waals surface area contributed by atoms with Gasteiger partial charge in [0, 0.05) is 36.5 Å². The van der Waals surface area contributed by atoms with Gasteiger partial charge < -0.3 is 15.0 Å². The fourth-order valence-corrected chi connectivity index (χ4v) is 4.35. The van der Waals surface area contributed by atoms with Gasteiger partial charge in [0.1, 0.15) is 11.4 Å². The van der Waals surface area contributed by atoms with Crippen molar-refractivity contribution in [2.75, 3.05) is 31.1 Å². The lowest BCUT2D eigenvalue weighted by Crippen LogP contribution is -2.56. The molecule has 0 bridgehead atoms. The quantitative estimate of drug-likeness (QED) is 0.713. The predicted molar refractivity (Wildman–Crippen MR) is 105 cm³/mol. The van der Waals surface area contributed by atoms with Gasteiger partial charge >= 0.3 is 0 Å². The van der Waals surface area contributed by atoms with E-state index in [0.29, 0.717) is 13.2 Å². The molecule has 1 amide bonds. The fraction of sp³-hybridized carbons (Fsp3) is 0.842. The molecule has 146 valence electrons. The minimum absolute atomic E-state index is 0.0883. The zero-order valence-electron chi connectivity index (χ0n) is 16.3. The number of nitrogens with zero attached hydrogens (tertiary/aromatic N) is 3. The molecule has 0 spiro atoms. The van der Waals surface area contributed by atoms with Crippen molar-refractivity contribution < 1.29 is 9.53 Å². The molecular formula is C19H32N4O2S. The van der Waals surface area contributed by atoms with E-state index in [9.17, 15) is 4.79 Å². The van der Waals surface area contributed by atoms with Gasteiger partial charge in [-0.2, -0.15) is 4.37 Å². The first-order chi connectivity index (χ1) is 12.5. The van der Waals surface area contributed by atoms with Crippen molar-refractivity contribution in [3.63, 3.8) is 0 Å². The van der Waals surface area contributed by atoms with E-state index in [2.05, 4.69) is 40.3 Å². The molecule has 3 rings (SSSR count). The molecule has 1 saturated heterocycles. The number of nitrogens with one attached hydrogen (secondary N) is 1. The summed E-state index contributed by atoms with van der Waals surface area (Å²) in [5, 5.41) is 4.15. The number of aryl methyl sites for hydroxylation is 1. The first-order valence-electron chi connectivity index (χ1n) is 10.00. The Balaban J connectivity index is 1.54. The number of aromatic nitrogens is 2. The van der Waals surface area contributed by atoms with Crippen molar-refractivity contribution in [2.45, 2.75) is 71.3 Å². The summed E-state index contributed by atoms with van der Waals surface area (Å²) >= 11 is 1.47. The highest BCUT2D eigenvalue weighted by atomic mass is 32.1. The topological polar surface area (TPSA) is 67.4 Å². The number of anilines is 1. The third kappa shape index (κ3) is 4.55. The van der Waals surface area contributed by atoms with E-state index in [1.54, 1.807) is 0 Å². The third-order valence-electron chi connectivity index (χ3n) is 5.51. The Morgan fingerprint density at radius 2 is 2.15 bits per heavy atom. The average molecular weight is 381 g/mol. The van der Waals surface area contributed by atoms with Gasteiger partial charge in [-0.05, 0) is 32.6 Å². The van der Waals surface area contributed by atoms with Gasteiger partial charge in [0.2, 0.25) is 11.0 Å². The first-order valence-corrected chi connectivity index (χ1v) is 10.8.